The number of nitrogens with zero attached hydrogens (tertiary/aromatic N) is 4. The molecule has 2 aromatic heterocycles. The van der Waals surface area contributed by atoms with Crippen LogP contribution >= 0.6 is 11.3 Å². The summed E-state index contributed by atoms with van der Waals surface area (Å²) < 4.78 is 19.5. The van der Waals surface area contributed by atoms with Gasteiger partial charge in [0.2, 0.25) is 5.88 Å². The number of alkyl halides is 1. The largest absolute Gasteiger partial charge is 0.507 e. The van der Waals surface area contributed by atoms with Crippen LogP contribution in [0.25, 0.3) is 21.8 Å². The Bertz CT molecular complexity index is 873. The number of benzene rings is 1. The lowest BCUT2D eigenvalue weighted by Gasteiger charge is -2.25. The topological polar surface area (TPSA) is 81.0 Å². The Morgan fingerprint density at radius 3 is 2.65 bits per heavy atom. The third-order valence-corrected chi connectivity index (χ3v) is 5.16. The number of ether oxygens (including phenoxy) is 1. The fourth-order valence-corrected chi connectivity index (χ4v) is 3.60. The van der Waals surface area contributed by atoms with Crippen molar-refractivity contribution in [3.63, 3.8) is 0 Å². The second-order valence-electron chi connectivity index (χ2n) is 6.19. The molecule has 1 aliphatic rings. The van der Waals surface area contributed by atoms with Gasteiger partial charge in [0.1, 0.15) is 28.5 Å². The summed E-state index contributed by atoms with van der Waals surface area (Å²) in [4.78, 5) is 0. The minimum atomic E-state index is -0.956. The van der Waals surface area contributed by atoms with Gasteiger partial charge in [-0.1, -0.05) is 23.8 Å². The standard InChI is InChI=1S/C18H17FN4O2S/c19-13-3-1-2-4-16(13)25-17-8-7-14(21-22-17)12-6-5-11(9-15(12)24)18-23-20-10-26-18/h5-10,13,16,24H,1-4H2/t13-,16+/m1/s1. The van der Waals surface area contributed by atoms with Crippen LogP contribution in [0.2, 0.25) is 0 Å². The predicted octanol–water partition coefficient (Wildman–Crippen LogP) is 4.03. The SMILES string of the molecule is Oc1cc(-c2nncs2)ccc1-c1ccc(O[C@H]2CCCC[C@H]2F)nn1. The molecule has 8 heteroatoms. The van der Waals surface area contributed by atoms with Crippen LogP contribution in [-0.4, -0.2) is 37.8 Å². The molecule has 6 nitrogen and oxygen atoms in total. The van der Waals surface area contributed by atoms with Gasteiger partial charge in [-0.25, -0.2) is 4.39 Å². The first-order valence-electron chi connectivity index (χ1n) is 8.45. The van der Waals surface area contributed by atoms with Gasteiger partial charge in [-0.05, 0) is 37.5 Å². The van der Waals surface area contributed by atoms with Crippen molar-refractivity contribution in [1.82, 2.24) is 20.4 Å². The van der Waals surface area contributed by atoms with Gasteiger partial charge in [0.15, 0.2) is 0 Å². The van der Waals surface area contributed by atoms with Crippen LogP contribution < -0.4 is 4.74 Å². The molecule has 0 aliphatic heterocycles. The van der Waals surface area contributed by atoms with Crippen LogP contribution in [0.1, 0.15) is 25.7 Å². The van der Waals surface area contributed by atoms with Gasteiger partial charge in [0.25, 0.3) is 0 Å². The molecule has 0 unspecified atom stereocenters. The molecule has 1 aromatic carbocycles. The fourth-order valence-electron chi connectivity index (χ4n) is 3.05. The normalized spacial score (nSPS) is 20.0. The van der Waals surface area contributed by atoms with Gasteiger partial charge < -0.3 is 9.84 Å². The highest BCUT2D eigenvalue weighted by atomic mass is 32.1. The van der Waals surface area contributed by atoms with Crippen LogP contribution in [0.4, 0.5) is 4.39 Å². The van der Waals surface area contributed by atoms with Crippen LogP contribution in [-0.2, 0) is 0 Å². The highest BCUT2D eigenvalue weighted by Gasteiger charge is 2.26. The van der Waals surface area contributed by atoms with Crippen LogP contribution in [0.15, 0.2) is 35.8 Å². The highest BCUT2D eigenvalue weighted by Crippen LogP contribution is 2.33. The number of aromatic hydroxyl groups is 1. The van der Waals surface area contributed by atoms with Crippen molar-refractivity contribution < 1.29 is 14.2 Å². The zero-order valence-electron chi connectivity index (χ0n) is 13.9. The van der Waals surface area contributed by atoms with Crippen molar-refractivity contribution in [2.24, 2.45) is 0 Å². The molecule has 3 aromatic rings. The zero-order valence-corrected chi connectivity index (χ0v) is 14.7. The second-order valence-corrected chi connectivity index (χ2v) is 7.02. The summed E-state index contributed by atoms with van der Waals surface area (Å²) >= 11 is 1.40. The summed E-state index contributed by atoms with van der Waals surface area (Å²) in [6, 6.07) is 8.59. The molecular weight excluding hydrogens is 355 g/mol. The van der Waals surface area contributed by atoms with Crippen LogP contribution in [0.5, 0.6) is 11.6 Å². The van der Waals surface area contributed by atoms with E-state index in [9.17, 15) is 9.50 Å². The van der Waals surface area contributed by atoms with Gasteiger partial charge in [0, 0.05) is 17.2 Å². The lowest BCUT2D eigenvalue weighted by Crippen LogP contribution is -2.32. The molecule has 0 amide bonds. The second kappa shape index (κ2) is 7.33. The third-order valence-electron chi connectivity index (χ3n) is 4.41. The molecule has 0 bridgehead atoms. The molecule has 134 valence electrons. The van der Waals surface area contributed by atoms with Gasteiger partial charge in [-0.3, -0.25) is 0 Å². The summed E-state index contributed by atoms with van der Waals surface area (Å²) in [5, 5.41) is 27.0. The number of phenolic OH excluding ortho intramolecular Hbond substituents is 1. The molecule has 2 atom stereocenters. The molecule has 1 aliphatic carbocycles. The van der Waals surface area contributed by atoms with E-state index in [4.69, 9.17) is 4.74 Å². The van der Waals surface area contributed by atoms with Gasteiger partial charge in [0.05, 0.1) is 5.69 Å². The molecule has 0 radical (unpaired) electrons. The van der Waals surface area contributed by atoms with E-state index in [1.165, 1.54) is 11.3 Å². The Morgan fingerprint density at radius 1 is 1.08 bits per heavy atom. The van der Waals surface area contributed by atoms with E-state index < -0.39 is 12.3 Å². The van der Waals surface area contributed by atoms with Crippen molar-refractivity contribution >= 4 is 11.3 Å². The number of halogens is 1. The molecule has 26 heavy (non-hydrogen) atoms. The van der Waals surface area contributed by atoms with E-state index >= 15 is 0 Å². The molecule has 1 N–H and O–H groups in total. The third kappa shape index (κ3) is 3.50. The van der Waals surface area contributed by atoms with Crippen LogP contribution in [0.3, 0.4) is 0 Å². The maximum Gasteiger partial charge on any atom is 0.233 e. The summed E-state index contributed by atoms with van der Waals surface area (Å²) in [6.45, 7) is 0. The number of rotatable bonds is 4. The summed E-state index contributed by atoms with van der Waals surface area (Å²) in [6.07, 6.45) is 1.68. The summed E-state index contributed by atoms with van der Waals surface area (Å²) in [7, 11) is 0. The molecular formula is C18H17FN4O2S. The number of hydrogen-bond donors (Lipinski definition) is 1. The Morgan fingerprint density at radius 2 is 1.96 bits per heavy atom. The van der Waals surface area contributed by atoms with Crippen molar-refractivity contribution in [3.05, 3.63) is 35.8 Å². The predicted molar refractivity (Wildman–Crippen MR) is 95.8 cm³/mol. The highest BCUT2D eigenvalue weighted by molar-refractivity contribution is 7.12. The summed E-state index contributed by atoms with van der Waals surface area (Å²) in [5.74, 6) is 0.380. The lowest BCUT2D eigenvalue weighted by atomic mass is 9.96. The maximum absolute atomic E-state index is 13.9. The van der Waals surface area contributed by atoms with Crippen molar-refractivity contribution in [2.45, 2.75) is 38.0 Å². The zero-order chi connectivity index (χ0) is 17.9. The monoisotopic (exact) mass is 372 g/mol. The van der Waals surface area contributed by atoms with E-state index in [0.717, 1.165) is 23.4 Å². The first kappa shape index (κ1) is 16.8. The molecule has 1 saturated carbocycles. The fraction of sp³-hybridized carbons (Fsp3) is 0.333. The summed E-state index contributed by atoms with van der Waals surface area (Å²) in [5.41, 5.74) is 3.49. The Hall–Kier alpha value is -2.61. The van der Waals surface area contributed by atoms with Gasteiger partial charge in [-0.2, -0.15) is 0 Å². The maximum atomic E-state index is 13.9. The first-order chi connectivity index (χ1) is 12.7. The Kier molecular flexibility index (Phi) is 4.75. The molecule has 4 rings (SSSR count). The van der Waals surface area contributed by atoms with Crippen molar-refractivity contribution in [2.75, 3.05) is 0 Å². The van der Waals surface area contributed by atoms with E-state index in [-0.39, 0.29) is 5.75 Å². The van der Waals surface area contributed by atoms with Crippen molar-refractivity contribution in [3.8, 4) is 33.5 Å². The Labute approximate surface area is 153 Å². The number of aromatic nitrogens is 4. The van der Waals surface area contributed by atoms with Gasteiger partial charge in [-0.15, -0.1) is 20.4 Å². The average Bonchev–Trinajstić information content (AvgIpc) is 3.19. The minimum absolute atomic E-state index is 0.0803. The van der Waals surface area contributed by atoms with Crippen molar-refractivity contribution in [1.29, 1.82) is 0 Å². The average molecular weight is 372 g/mol. The Balaban J connectivity index is 1.51. The quantitative estimate of drug-likeness (QED) is 0.745. The van der Waals surface area contributed by atoms with Gasteiger partial charge >= 0.3 is 0 Å². The lowest BCUT2D eigenvalue weighted by molar-refractivity contribution is 0.0594. The molecule has 1 fully saturated rings. The van der Waals surface area contributed by atoms with E-state index in [0.29, 0.717) is 30.0 Å². The molecule has 2 heterocycles. The number of phenols is 1. The van der Waals surface area contributed by atoms with Crippen LogP contribution in [0, 0.1) is 0 Å². The van der Waals surface area contributed by atoms with E-state index in [1.807, 2.05) is 6.07 Å². The van der Waals surface area contributed by atoms with E-state index in [1.54, 1.807) is 29.8 Å². The minimum Gasteiger partial charge on any atom is -0.507 e. The number of hydrogen-bond acceptors (Lipinski definition) is 7. The smallest absolute Gasteiger partial charge is 0.233 e. The van der Waals surface area contributed by atoms with E-state index in [2.05, 4.69) is 20.4 Å². The molecule has 0 saturated heterocycles. The molecule has 0 spiro atoms. The first-order valence-corrected chi connectivity index (χ1v) is 9.33.